The maximum absolute atomic E-state index is 13.2. The van der Waals surface area contributed by atoms with Gasteiger partial charge in [0.2, 0.25) is 11.9 Å². The highest BCUT2D eigenvalue weighted by atomic mass is 19.1. The van der Waals surface area contributed by atoms with Gasteiger partial charge in [0.25, 0.3) is 0 Å². The largest absolute Gasteiger partial charge is 0.378 e. The molecule has 1 saturated heterocycles. The van der Waals surface area contributed by atoms with Gasteiger partial charge in [0.15, 0.2) is 5.82 Å². The lowest BCUT2D eigenvalue weighted by Crippen LogP contribution is -2.37. The van der Waals surface area contributed by atoms with Gasteiger partial charge in [0, 0.05) is 27.2 Å². The number of rotatable bonds is 5. The lowest BCUT2D eigenvalue weighted by Gasteiger charge is -2.28. The van der Waals surface area contributed by atoms with Crippen LogP contribution in [0.2, 0.25) is 0 Å². The van der Waals surface area contributed by atoms with Crippen LogP contribution in [0, 0.1) is 5.82 Å². The number of carbonyl (C=O) groups excluding carboxylic acids is 1. The summed E-state index contributed by atoms with van der Waals surface area (Å²) in [5, 5.41) is 3.00. The summed E-state index contributed by atoms with van der Waals surface area (Å²) in [5.74, 6) is 0.872. The van der Waals surface area contributed by atoms with Crippen LogP contribution in [0.1, 0.15) is 18.4 Å². The summed E-state index contributed by atoms with van der Waals surface area (Å²) in [6.07, 6.45) is 3.15. The second-order valence-electron chi connectivity index (χ2n) is 7.44. The standard InChI is InChI=1S/C20H24FN5O2/c1-25(2)17-16(13-22-19(24-17)26-9-11-28-12-10-26)23-18(27)20(7-8-20)14-3-5-15(21)6-4-14/h3-6,13H,7-12H2,1-2H3,(H,23,27). The van der Waals surface area contributed by atoms with Gasteiger partial charge >= 0.3 is 0 Å². The molecule has 0 bridgehead atoms. The minimum atomic E-state index is -0.597. The first-order chi connectivity index (χ1) is 13.5. The molecule has 2 fully saturated rings. The minimum Gasteiger partial charge on any atom is -0.378 e. The molecule has 0 spiro atoms. The van der Waals surface area contributed by atoms with E-state index in [0.29, 0.717) is 30.7 Å². The Kier molecular flexibility index (Phi) is 4.89. The molecule has 0 radical (unpaired) electrons. The molecule has 1 N–H and O–H groups in total. The molecular formula is C20H24FN5O2. The second kappa shape index (κ2) is 7.35. The van der Waals surface area contributed by atoms with Crippen molar-refractivity contribution in [1.82, 2.24) is 9.97 Å². The Morgan fingerprint density at radius 2 is 1.89 bits per heavy atom. The molecule has 28 heavy (non-hydrogen) atoms. The van der Waals surface area contributed by atoms with E-state index in [-0.39, 0.29) is 11.7 Å². The third-order valence-electron chi connectivity index (χ3n) is 5.30. The molecular weight excluding hydrogens is 361 g/mol. The molecule has 1 aromatic heterocycles. The lowest BCUT2D eigenvalue weighted by molar-refractivity contribution is -0.118. The van der Waals surface area contributed by atoms with Crippen LogP contribution in [0.15, 0.2) is 30.5 Å². The molecule has 1 aromatic carbocycles. The average Bonchev–Trinajstić information content (AvgIpc) is 3.51. The van der Waals surface area contributed by atoms with Crippen molar-refractivity contribution in [2.75, 3.05) is 55.5 Å². The molecule has 1 amide bonds. The zero-order chi connectivity index (χ0) is 19.7. The Labute approximate surface area is 163 Å². The molecule has 8 heteroatoms. The highest BCUT2D eigenvalue weighted by molar-refractivity contribution is 6.02. The van der Waals surface area contributed by atoms with Crippen molar-refractivity contribution in [3.05, 3.63) is 41.8 Å². The Morgan fingerprint density at radius 3 is 2.50 bits per heavy atom. The van der Waals surface area contributed by atoms with E-state index in [9.17, 15) is 9.18 Å². The third kappa shape index (κ3) is 3.52. The van der Waals surface area contributed by atoms with Gasteiger partial charge in [-0.3, -0.25) is 4.79 Å². The molecule has 1 aliphatic heterocycles. The Bertz CT molecular complexity index is 861. The fourth-order valence-corrected chi connectivity index (χ4v) is 3.49. The predicted octanol–water partition coefficient (Wildman–Crippen LogP) is 2.19. The second-order valence-corrected chi connectivity index (χ2v) is 7.44. The van der Waals surface area contributed by atoms with E-state index in [1.807, 2.05) is 19.0 Å². The normalized spacial score (nSPS) is 17.9. The number of hydrogen-bond donors (Lipinski definition) is 1. The van der Waals surface area contributed by atoms with Crippen molar-refractivity contribution in [2.45, 2.75) is 18.3 Å². The van der Waals surface area contributed by atoms with Gasteiger partial charge in [0.05, 0.1) is 24.8 Å². The van der Waals surface area contributed by atoms with E-state index >= 15 is 0 Å². The number of morpholine rings is 1. The van der Waals surface area contributed by atoms with Crippen LogP contribution in [0.25, 0.3) is 0 Å². The molecule has 148 valence electrons. The third-order valence-corrected chi connectivity index (χ3v) is 5.30. The van der Waals surface area contributed by atoms with Crippen LogP contribution >= 0.6 is 0 Å². The van der Waals surface area contributed by atoms with Gasteiger partial charge < -0.3 is 19.9 Å². The number of carbonyl (C=O) groups is 1. The smallest absolute Gasteiger partial charge is 0.235 e. The zero-order valence-electron chi connectivity index (χ0n) is 16.1. The average molecular weight is 385 g/mol. The number of amides is 1. The maximum atomic E-state index is 13.2. The highest BCUT2D eigenvalue weighted by Gasteiger charge is 2.51. The topological polar surface area (TPSA) is 70.6 Å². The summed E-state index contributed by atoms with van der Waals surface area (Å²) < 4.78 is 18.6. The first-order valence-electron chi connectivity index (χ1n) is 9.44. The number of benzene rings is 1. The summed E-state index contributed by atoms with van der Waals surface area (Å²) >= 11 is 0. The molecule has 0 atom stereocenters. The fourth-order valence-electron chi connectivity index (χ4n) is 3.49. The van der Waals surface area contributed by atoms with E-state index in [4.69, 9.17) is 4.74 Å². The van der Waals surface area contributed by atoms with Crippen LogP contribution in [-0.4, -0.2) is 56.3 Å². The van der Waals surface area contributed by atoms with Crippen LogP contribution < -0.4 is 15.1 Å². The Hall–Kier alpha value is -2.74. The van der Waals surface area contributed by atoms with Crippen molar-refractivity contribution in [3.8, 4) is 0 Å². The quantitative estimate of drug-likeness (QED) is 0.851. The van der Waals surface area contributed by atoms with Gasteiger partial charge in [-0.05, 0) is 30.5 Å². The van der Waals surface area contributed by atoms with Gasteiger partial charge in [-0.1, -0.05) is 12.1 Å². The Balaban J connectivity index is 1.57. The predicted molar refractivity (Wildman–Crippen MR) is 105 cm³/mol. The molecule has 0 unspecified atom stereocenters. The van der Waals surface area contributed by atoms with Gasteiger partial charge in [-0.25, -0.2) is 9.37 Å². The lowest BCUT2D eigenvalue weighted by atomic mass is 9.95. The molecule has 1 aliphatic carbocycles. The van der Waals surface area contributed by atoms with Crippen LogP contribution in [0.5, 0.6) is 0 Å². The number of aromatic nitrogens is 2. The number of ether oxygens (including phenoxy) is 1. The van der Waals surface area contributed by atoms with E-state index in [0.717, 1.165) is 31.5 Å². The number of halogens is 1. The molecule has 1 saturated carbocycles. The zero-order valence-corrected chi connectivity index (χ0v) is 16.1. The number of anilines is 3. The summed E-state index contributed by atoms with van der Waals surface area (Å²) in [4.78, 5) is 26.1. The summed E-state index contributed by atoms with van der Waals surface area (Å²) in [7, 11) is 3.77. The number of nitrogens with one attached hydrogen (secondary N) is 1. The number of hydrogen-bond acceptors (Lipinski definition) is 6. The molecule has 2 heterocycles. The van der Waals surface area contributed by atoms with Crippen molar-refractivity contribution >= 4 is 23.4 Å². The van der Waals surface area contributed by atoms with Crippen LogP contribution in [0.4, 0.5) is 21.8 Å². The van der Waals surface area contributed by atoms with Crippen LogP contribution in [0.3, 0.4) is 0 Å². The number of nitrogens with zero attached hydrogens (tertiary/aromatic N) is 4. The maximum Gasteiger partial charge on any atom is 0.235 e. The molecule has 4 rings (SSSR count). The summed E-state index contributed by atoms with van der Waals surface area (Å²) in [6, 6.07) is 6.17. The highest BCUT2D eigenvalue weighted by Crippen LogP contribution is 2.49. The van der Waals surface area contributed by atoms with Crippen molar-refractivity contribution in [1.29, 1.82) is 0 Å². The minimum absolute atomic E-state index is 0.107. The Morgan fingerprint density at radius 1 is 1.21 bits per heavy atom. The molecule has 7 nitrogen and oxygen atoms in total. The van der Waals surface area contributed by atoms with Gasteiger partial charge in [0.1, 0.15) is 11.5 Å². The van der Waals surface area contributed by atoms with E-state index in [1.165, 1.54) is 12.1 Å². The molecule has 2 aliphatic rings. The van der Waals surface area contributed by atoms with E-state index < -0.39 is 5.41 Å². The van der Waals surface area contributed by atoms with Crippen LogP contribution in [-0.2, 0) is 14.9 Å². The molecule has 2 aromatic rings. The van der Waals surface area contributed by atoms with Gasteiger partial charge in [-0.2, -0.15) is 4.98 Å². The summed E-state index contributed by atoms with van der Waals surface area (Å²) in [5.41, 5.74) is 0.809. The SMILES string of the molecule is CN(C)c1nc(N2CCOCC2)ncc1NC(=O)C1(c2ccc(F)cc2)CC1. The van der Waals surface area contributed by atoms with Crippen molar-refractivity contribution in [3.63, 3.8) is 0 Å². The summed E-state index contributed by atoms with van der Waals surface area (Å²) in [6.45, 7) is 2.79. The fraction of sp³-hybridized carbons (Fsp3) is 0.450. The first kappa shape index (κ1) is 18.6. The van der Waals surface area contributed by atoms with E-state index in [2.05, 4.69) is 20.2 Å². The van der Waals surface area contributed by atoms with Crippen molar-refractivity contribution in [2.24, 2.45) is 0 Å². The van der Waals surface area contributed by atoms with E-state index in [1.54, 1.807) is 18.3 Å². The van der Waals surface area contributed by atoms with Crippen molar-refractivity contribution < 1.29 is 13.9 Å². The van der Waals surface area contributed by atoms with Gasteiger partial charge in [-0.15, -0.1) is 0 Å². The monoisotopic (exact) mass is 385 g/mol. The first-order valence-corrected chi connectivity index (χ1v) is 9.44.